The van der Waals surface area contributed by atoms with Crippen molar-refractivity contribution in [2.45, 2.75) is 64.1 Å². The van der Waals surface area contributed by atoms with Crippen LogP contribution < -0.4 is 10.5 Å². The second kappa shape index (κ2) is 6.00. The number of ether oxygens (including phenoxy) is 1. The van der Waals surface area contributed by atoms with Gasteiger partial charge in [0.2, 0.25) is 0 Å². The van der Waals surface area contributed by atoms with Gasteiger partial charge in [0.15, 0.2) is 0 Å². The first-order chi connectivity index (χ1) is 11.8. The van der Waals surface area contributed by atoms with E-state index < -0.39 is 0 Å². The van der Waals surface area contributed by atoms with Gasteiger partial charge in [0, 0.05) is 5.94 Å². The predicted octanol–water partition coefficient (Wildman–Crippen LogP) is 3.22. The van der Waals surface area contributed by atoms with E-state index in [1.54, 1.807) is 7.11 Å². The first-order valence-electron chi connectivity index (χ1n) is 9.56. The smallest absolute Gasteiger partial charge is 0.475 e. The van der Waals surface area contributed by atoms with Gasteiger partial charge in [-0.2, -0.15) is 0 Å². The Kier molecular flexibility index (Phi) is 4.17. The van der Waals surface area contributed by atoms with Gasteiger partial charge < -0.3 is 19.8 Å². The highest BCUT2D eigenvalue weighted by molar-refractivity contribution is 6.47. The molecule has 2 bridgehead atoms. The molecule has 25 heavy (non-hydrogen) atoms. The SMILES string of the molecule is COc1ccc(CC[C@H](N)B2O[C@@H]3C[C@@H]4C[C@@H](C4(C)C)[C@]3(C)O2)cc1. The fourth-order valence-electron chi connectivity index (χ4n) is 5.34. The number of methoxy groups -OCH3 is 1. The summed E-state index contributed by atoms with van der Waals surface area (Å²) in [7, 11) is 1.41. The first kappa shape index (κ1) is 17.4. The van der Waals surface area contributed by atoms with Crippen LogP contribution in [0.15, 0.2) is 24.3 Å². The molecule has 1 saturated heterocycles. The second-order valence-corrected chi connectivity index (χ2v) is 8.89. The van der Waals surface area contributed by atoms with Crippen LogP contribution in [0.1, 0.15) is 45.6 Å². The van der Waals surface area contributed by atoms with Gasteiger partial charge in [0.05, 0.1) is 18.8 Å². The zero-order chi connectivity index (χ0) is 17.8. The summed E-state index contributed by atoms with van der Waals surface area (Å²) in [5.74, 6) is 2.15. The molecule has 0 radical (unpaired) electrons. The minimum Gasteiger partial charge on any atom is -0.497 e. The van der Waals surface area contributed by atoms with Gasteiger partial charge in [-0.05, 0) is 67.6 Å². The average molecular weight is 343 g/mol. The highest BCUT2D eigenvalue weighted by atomic mass is 16.7. The van der Waals surface area contributed by atoms with Crippen LogP contribution in [0.4, 0.5) is 0 Å². The molecule has 0 unspecified atom stereocenters. The summed E-state index contributed by atoms with van der Waals surface area (Å²) in [6, 6.07) is 8.18. The topological polar surface area (TPSA) is 53.7 Å². The molecular weight excluding hydrogens is 313 g/mol. The van der Waals surface area contributed by atoms with E-state index in [-0.39, 0.29) is 24.8 Å². The zero-order valence-corrected chi connectivity index (χ0v) is 15.8. The Bertz CT molecular complexity index is 634. The lowest BCUT2D eigenvalue weighted by Gasteiger charge is -2.64. The van der Waals surface area contributed by atoms with Crippen LogP contribution in [0.25, 0.3) is 0 Å². The van der Waals surface area contributed by atoms with E-state index in [0.717, 1.165) is 30.9 Å². The van der Waals surface area contributed by atoms with Gasteiger partial charge in [-0.25, -0.2) is 0 Å². The molecule has 1 aliphatic heterocycles. The van der Waals surface area contributed by atoms with E-state index in [2.05, 4.69) is 32.9 Å². The van der Waals surface area contributed by atoms with Gasteiger partial charge in [-0.1, -0.05) is 26.0 Å². The second-order valence-electron chi connectivity index (χ2n) is 8.89. The molecule has 5 heteroatoms. The zero-order valence-electron chi connectivity index (χ0n) is 15.8. The van der Waals surface area contributed by atoms with Crippen molar-refractivity contribution in [3.63, 3.8) is 0 Å². The Morgan fingerprint density at radius 1 is 1.24 bits per heavy atom. The quantitative estimate of drug-likeness (QED) is 0.834. The molecule has 1 heterocycles. The van der Waals surface area contributed by atoms with E-state index in [1.807, 2.05) is 12.1 Å². The van der Waals surface area contributed by atoms with E-state index in [1.165, 1.54) is 12.0 Å². The maximum Gasteiger partial charge on any atom is 0.475 e. The third-order valence-corrected chi connectivity index (χ3v) is 7.24. The van der Waals surface area contributed by atoms with E-state index in [0.29, 0.717) is 11.3 Å². The van der Waals surface area contributed by atoms with Crippen LogP contribution in [0, 0.1) is 17.3 Å². The van der Waals surface area contributed by atoms with Crippen LogP contribution in [-0.4, -0.2) is 31.9 Å². The van der Waals surface area contributed by atoms with E-state index >= 15 is 0 Å². The summed E-state index contributed by atoms with van der Waals surface area (Å²) in [5, 5.41) is 0. The minimum atomic E-state index is -0.275. The normalized spacial score (nSPS) is 36.5. The monoisotopic (exact) mass is 343 g/mol. The van der Waals surface area contributed by atoms with Gasteiger partial charge in [0.25, 0.3) is 0 Å². The molecule has 3 saturated carbocycles. The fraction of sp³-hybridized carbons (Fsp3) is 0.700. The molecule has 0 aromatic heterocycles. The molecule has 0 spiro atoms. The molecule has 136 valence electrons. The summed E-state index contributed by atoms with van der Waals surface area (Å²) in [4.78, 5) is 0. The Morgan fingerprint density at radius 2 is 1.96 bits per heavy atom. The lowest BCUT2D eigenvalue weighted by atomic mass is 9.43. The maximum absolute atomic E-state index is 6.46. The number of aryl methyl sites for hydroxylation is 1. The lowest BCUT2D eigenvalue weighted by molar-refractivity contribution is -0.199. The molecule has 5 rings (SSSR count). The van der Waals surface area contributed by atoms with Crippen molar-refractivity contribution in [2.24, 2.45) is 23.0 Å². The fourth-order valence-corrected chi connectivity index (χ4v) is 5.34. The highest BCUT2D eigenvalue weighted by Crippen LogP contribution is 2.65. The number of hydrogen-bond donors (Lipinski definition) is 1. The number of hydrogen-bond acceptors (Lipinski definition) is 4. The molecule has 4 aliphatic rings. The molecule has 0 amide bonds. The summed E-state index contributed by atoms with van der Waals surface area (Å²) < 4.78 is 17.9. The molecule has 1 aromatic carbocycles. The third-order valence-electron chi connectivity index (χ3n) is 7.24. The molecule has 4 fully saturated rings. The molecule has 1 aromatic rings. The van der Waals surface area contributed by atoms with Crippen molar-refractivity contribution in [1.82, 2.24) is 0 Å². The third kappa shape index (κ3) is 2.72. The first-order valence-corrected chi connectivity index (χ1v) is 9.56. The summed E-state index contributed by atoms with van der Waals surface area (Å²) in [6.07, 6.45) is 4.38. The molecule has 4 nitrogen and oxygen atoms in total. The summed E-state index contributed by atoms with van der Waals surface area (Å²) in [6.45, 7) is 7.01. The highest BCUT2D eigenvalue weighted by Gasteiger charge is 2.68. The maximum atomic E-state index is 6.46. The van der Waals surface area contributed by atoms with Gasteiger partial charge in [-0.15, -0.1) is 0 Å². The lowest BCUT2D eigenvalue weighted by Crippen LogP contribution is -2.65. The largest absolute Gasteiger partial charge is 0.497 e. The molecule has 5 atom stereocenters. The number of nitrogens with two attached hydrogens (primary N) is 1. The van der Waals surface area contributed by atoms with Crippen molar-refractivity contribution in [3.05, 3.63) is 29.8 Å². The minimum absolute atomic E-state index is 0.0927. The summed E-state index contributed by atoms with van der Waals surface area (Å²) >= 11 is 0. The van der Waals surface area contributed by atoms with Crippen molar-refractivity contribution < 1.29 is 14.0 Å². The standard InChI is InChI=1S/C20H30BNO3/c1-19(2)14-11-16(19)20(3)17(12-14)24-21(25-20)18(22)10-7-13-5-8-15(23-4)9-6-13/h5-6,8-9,14,16-18H,7,10-12,22H2,1-4H3/t14-,16-,17+,18-,20-/m0/s1. The average Bonchev–Trinajstić information content (AvgIpc) is 2.97. The Balaban J connectivity index is 1.36. The molecular formula is C20H30BNO3. The molecule has 3 aliphatic carbocycles. The van der Waals surface area contributed by atoms with Crippen molar-refractivity contribution in [1.29, 1.82) is 0 Å². The summed E-state index contributed by atoms with van der Waals surface area (Å²) in [5.41, 5.74) is 7.92. The Hall–Kier alpha value is -1.04. The van der Waals surface area contributed by atoms with E-state index in [9.17, 15) is 0 Å². The number of benzene rings is 1. The van der Waals surface area contributed by atoms with Crippen LogP contribution in [-0.2, 0) is 15.7 Å². The Labute approximate surface area is 151 Å². The van der Waals surface area contributed by atoms with Crippen LogP contribution in [0.2, 0.25) is 0 Å². The van der Waals surface area contributed by atoms with Crippen LogP contribution in [0.3, 0.4) is 0 Å². The molecule has 2 N–H and O–H groups in total. The van der Waals surface area contributed by atoms with Crippen LogP contribution in [0.5, 0.6) is 5.75 Å². The van der Waals surface area contributed by atoms with Gasteiger partial charge >= 0.3 is 7.12 Å². The predicted molar refractivity (Wildman–Crippen MR) is 99.4 cm³/mol. The van der Waals surface area contributed by atoms with Crippen molar-refractivity contribution in [3.8, 4) is 5.75 Å². The van der Waals surface area contributed by atoms with Crippen LogP contribution >= 0.6 is 0 Å². The van der Waals surface area contributed by atoms with E-state index in [4.69, 9.17) is 19.8 Å². The number of rotatable bonds is 5. The van der Waals surface area contributed by atoms with Crippen molar-refractivity contribution in [2.75, 3.05) is 7.11 Å². The Morgan fingerprint density at radius 3 is 2.60 bits per heavy atom. The van der Waals surface area contributed by atoms with Crippen molar-refractivity contribution >= 4 is 7.12 Å². The van der Waals surface area contributed by atoms with Gasteiger partial charge in [0.1, 0.15) is 5.75 Å². The van der Waals surface area contributed by atoms with Gasteiger partial charge in [-0.3, -0.25) is 0 Å².